The maximum Gasteiger partial charge on any atom is 0.251 e. The summed E-state index contributed by atoms with van der Waals surface area (Å²) in [6.07, 6.45) is 2.01. The minimum absolute atomic E-state index is 0.173. The van der Waals surface area contributed by atoms with Gasteiger partial charge < -0.3 is 10.4 Å². The number of hydrogen-bond acceptors (Lipinski definition) is 3. The van der Waals surface area contributed by atoms with Gasteiger partial charge in [-0.2, -0.15) is 11.8 Å². The number of benzene rings is 1. The zero-order chi connectivity index (χ0) is 15.0. The molecule has 1 aromatic rings. The van der Waals surface area contributed by atoms with Crippen LogP contribution in [-0.4, -0.2) is 36.2 Å². The van der Waals surface area contributed by atoms with E-state index in [1.54, 1.807) is 11.8 Å². The average molecular weight is 295 g/mol. The topological polar surface area (TPSA) is 49.3 Å². The third-order valence-electron chi connectivity index (χ3n) is 2.60. The van der Waals surface area contributed by atoms with Crippen LogP contribution in [-0.2, 0) is 0 Å². The van der Waals surface area contributed by atoms with Gasteiger partial charge in [-0.05, 0) is 36.1 Å². The van der Waals surface area contributed by atoms with Crippen molar-refractivity contribution in [2.24, 2.45) is 5.92 Å². The molecular weight excluding hydrogens is 277 g/mol. The summed E-state index contributed by atoms with van der Waals surface area (Å²) in [4.78, 5) is 11.9. The molecule has 108 valence electrons. The lowest BCUT2D eigenvalue weighted by molar-refractivity contribution is 0.0949. The largest absolute Gasteiger partial charge is 0.384 e. The summed E-state index contributed by atoms with van der Waals surface area (Å²) in [5.41, 5.74) is 0.444. The van der Waals surface area contributed by atoms with Crippen LogP contribution >= 0.6 is 11.8 Å². The van der Waals surface area contributed by atoms with E-state index in [9.17, 15) is 9.18 Å². The fourth-order valence-corrected chi connectivity index (χ4v) is 2.29. The van der Waals surface area contributed by atoms with E-state index in [2.05, 4.69) is 17.2 Å². The molecule has 0 saturated carbocycles. The van der Waals surface area contributed by atoms with E-state index in [1.807, 2.05) is 13.2 Å². The van der Waals surface area contributed by atoms with Crippen molar-refractivity contribution in [1.29, 1.82) is 0 Å². The SMILES string of the molecule is CSCC(C)CNC(=O)c1ccc(C#CCO)c(F)c1. The van der Waals surface area contributed by atoms with Gasteiger partial charge in [-0.25, -0.2) is 4.39 Å². The molecule has 1 unspecified atom stereocenters. The predicted octanol–water partition coefficient (Wildman–Crippen LogP) is 1.90. The van der Waals surface area contributed by atoms with Gasteiger partial charge in [-0.1, -0.05) is 18.8 Å². The molecule has 0 spiro atoms. The Morgan fingerprint density at radius 3 is 2.90 bits per heavy atom. The molecule has 1 amide bonds. The zero-order valence-electron chi connectivity index (χ0n) is 11.6. The highest BCUT2D eigenvalue weighted by atomic mass is 32.2. The summed E-state index contributed by atoms with van der Waals surface area (Å²) < 4.78 is 13.7. The molecule has 0 aromatic heterocycles. The van der Waals surface area contributed by atoms with E-state index in [1.165, 1.54) is 12.1 Å². The molecular formula is C15H18FNO2S. The van der Waals surface area contributed by atoms with Crippen LogP contribution < -0.4 is 5.32 Å². The molecule has 0 aliphatic carbocycles. The van der Waals surface area contributed by atoms with E-state index in [0.29, 0.717) is 12.5 Å². The molecule has 5 heteroatoms. The van der Waals surface area contributed by atoms with Crippen LogP contribution in [0.25, 0.3) is 0 Å². The van der Waals surface area contributed by atoms with Crippen molar-refractivity contribution in [3.05, 3.63) is 35.1 Å². The van der Waals surface area contributed by atoms with Crippen molar-refractivity contribution in [3.63, 3.8) is 0 Å². The Labute approximate surface area is 123 Å². The van der Waals surface area contributed by atoms with Gasteiger partial charge in [-0.15, -0.1) is 0 Å². The van der Waals surface area contributed by atoms with Crippen molar-refractivity contribution in [2.45, 2.75) is 6.92 Å². The van der Waals surface area contributed by atoms with E-state index in [-0.39, 0.29) is 23.6 Å². The zero-order valence-corrected chi connectivity index (χ0v) is 12.4. The van der Waals surface area contributed by atoms with Gasteiger partial charge in [-0.3, -0.25) is 4.79 Å². The van der Waals surface area contributed by atoms with Crippen molar-refractivity contribution < 1.29 is 14.3 Å². The molecule has 0 fully saturated rings. The smallest absolute Gasteiger partial charge is 0.251 e. The lowest BCUT2D eigenvalue weighted by atomic mass is 10.1. The first kappa shape index (κ1) is 16.5. The van der Waals surface area contributed by atoms with Gasteiger partial charge >= 0.3 is 0 Å². The van der Waals surface area contributed by atoms with E-state index < -0.39 is 5.82 Å². The van der Waals surface area contributed by atoms with Crippen LogP contribution in [0, 0.1) is 23.6 Å². The maximum atomic E-state index is 13.7. The standard InChI is InChI=1S/C15H18FNO2S/c1-11(10-20-2)9-17-15(19)13-6-5-12(4-3-7-18)14(16)8-13/h5-6,8,11,18H,7,9-10H2,1-2H3,(H,17,19). The monoisotopic (exact) mass is 295 g/mol. The van der Waals surface area contributed by atoms with Gasteiger partial charge in [0.15, 0.2) is 0 Å². The van der Waals surface area contributed by atoms with Crippen LogP contribution in [0.3, 0.4) is 0 Å². The maximum absolute atomic E-state index is 13.7. The minimum atomic E-state index is -0.559. The Morgan fingerprint density at radius 2 is 2.30 bits per heavy atom. The van der Waals surface area contributed by atoms with Crippen LogP contribution in [0.2, 0.25) is 0 Å². The summed E-state index contributed by atoms with van der Waals surface area (Å²) in [6, 6.07) is 4.13. The summed E-state index contributed by atoms with van der Waals surface area (Å²) in [7, 11) is 0. The van der Waals surface area contributed by atoms with E-state index >= 15 is 0 Å². The first-order valence-corrected chi connectivity index (χ1v) is 7.64. The molecule has 20 heavy (non-hydrogen) atoms. The van der Waals surface area contributed by atoms with E-state index in [0.717, 1.165) is 11.8 Å². The number of rotatable bonds is 5. The highest BCUT2D eigenvalue weighted by Gasteiger charge is 2.10. The molecule has 0 bridgehead atoms. The minimum Gasteiger partial charge on any atom is -0.384 e. The first-order chi connectivity index (χ1) is 9.58. The molecule has 0 aliphatic heterocycles. The molecule has 1 rings (SSSR count). The lowest BCUT2D eigenvalue weighted by Gasteiger charge is -2.11. The van der Waals surface area contributed by atoms with Gasteiger partial charge in [0.05, 0.1) is 5.56 Å². The molecule has 3 nitrogen and oxygen atoms in total. The van der Waals surface area contributed by atoms with Gasteiger partial charge in [0.25, 0.3) is 5.91 Å². The van der Waals surface area contributed by atoms with Gasteiger partial charge in [0.1, 0.15) is 12.4 Å². The predicted molar refractivity (Wildman–Crippen MR) is 80.2 cm³/mol. The number of hydrogen-bond donors (Lipinski definition) is 2. The Hall–Kier alpha value is -1.51. The summed E-state index contributed by atoms with van der Waals surface area (Å²) in [5, 5.41) is 11.3. The Morgan fingerprint density at radius 1 is 1.55 bits per heavy atom. The summed E-state index contributed by atoms with van der Waals surface area (Å²) in [5.74, 6) is 5.34. The summed E-state index contributed by atoms with van der Waals surface area (Å²) in [6.45, 7) is 2.29. The van der Waals surface area contributed by atoms with Crippen molar-refractivity contribution in [1.82, 2.24) is 5.32 Å². The van der Waals surface area contributed by atoms with Crippen LogP contribution in [0.5, 0.6) is 0 Å². The third kappa shape index (κ3) is 5.24. The second-order valence-corrected chi connectivity index (χ2v) is 5.34. The fourth-order valence-electron chi connectivity index (χ4n) is 1.60. The number of carbonyl (C=O) groups is 1. The quantitative estimate of drug-likeness (QED) is 0.816. The Kier molecular flexibility index (Phi) is 7.13. The van der Waals surface area contributed by atoms with Gasteiger partial charge in [0, 0.05) is 12.1 Å². The number of aliphatic hydroxyl groups excluding tert-OH is 1. The number of aliphatic hydroxyl groups is 1. The van der Waals surface area contributed by atoms with E-state index in [4.69, 9.17) is 5.11 Å². The fraction of sp³-hybridized carbons (Fsp3) is 0.400. The Bertz CT molecular complexity index is 522. The van der Waals surface area contributed by atoms with Crippen molar-refractivity contribution in [2.75, 3.05) is 25.2 Å². The highest BCUT2D eigenvalue weighted by Crippen LogP contribution is 2.10. The van der Waals surface area contributed by atoms with Crippen molar-refractivity contribution in [3.8, 4) is 11.8 Å². The second kappa shape index (κ2) is 8.62. The molecule has 0 radical (unpaired) electrons. The number of nitrogens with one attached hydrogen (secondary N) is 1. The number of amides is 1. The average Bonchev–Trinajstić information content (AvgIpc) is 2.43. The molecule has 1 atom stereocenters. The highest BCUT2D eigenvalue weighted by molar-refractivity contribution is 7.98. The number of halogens is 1. The third-order valence-corrected chi connectivity index (χ3v) is 3.50. The molecule has 2 N–H and O–H groups in total. The van der Waals surface area contributed by atoms with Crippen LogP contribution in [0.1, 0.15) is 22.8 Å². The first-order valence-electron chi connectivity index (χ1n) is 6.25. The van der Waals surface area contributed by atoms with Crippen LogP contribution in [0.4, 0.5) is 4.39 Å². The van der Waals surface area contributed by atoms with Gasteiger partial charge in [0.2, 0.25) is 0 Å². The number of carbonyl (C=O) groups excluding carboxylic acids is 1. The summed E-state index contributed by atoms with van der Waals surface area (Å²) >= 11 is 1.72. The Balaban J connectivity index is 2.68. The number of thioether (sulfide) groups is 1. The normalized spacial score (nSPS) is 11.4. The van der Waals surface area contributed by atoms with Crippen LogP contribution in [0.15, 0.2) is 18.2 Å². The molecule has 0 heterocycles. The second-order valence-electron chi connectivity index (χ2n) is 4.43. The molecule has 1 aromatic carbocycles. The molecule has 0 saturated heterocycles. The lowest BCUT2D eigenvalue weighted by Crippen LogP contribution is -2.29. The molecule has 0 aliphatic rings. The van der Waals surface area contributed by atoms with Crippen molar-refractivity contribution >= 4 is 17.7 Å².